The fourth-order valence-corrected chi connectivity index (χ4v) is 2.46. The lowest BCUT2D eigenvalue weighted by Crippen LogP contribution is -2.10. The molecule has 0 aromatic heterocycles. The van der Waals surface area contributed by atoms with Gasteiger partial charge in [0.05, 0.1) is 14.2 Å². The normalized spacial score (nSPS) is 11.9. The average molecular weight is 271 g/mol. The molecule has 2 rings (SSSR count). The fraction of sp³-hybridized carbons (Fsp3) is 0.294. The van der Waals surface area contributed by atoms with Crippen LogP contribution in [0.5, 0.6) is 11.5 Å². The first-order valence-corrected chi connectivity index (χ1v) is 6.77. The van der Waals surface area contributed by atoms with Crippen LogP contribution in [0, 0.1) is 0 Å². The largest absolute Gasteiger partial charge is 0.497 e. The van der Waals surface area contributed by atoms with Gasteiger partial charge in [0.25, 0.3) is 0 Å². The first kappa shape index (κ1) is 14.4. The molecule has 0 saturated heterocycles. The third kappa shape index (κ3) is 3.11. The van der Waals surface area contributed by atoms with Crippen LogP contribution in [0.2, 0.25) is 0 Å². The van der Waals surface area contributed by atoms with Gasteiger partial charge >= 0.3 is 0 Å². The molecule has 0 unspecified atom stereocenters. The van der Waals surface area contributed by atoms with E-state index >= 15 is 0 Å². The highest BCUT2D eigenvalue weighted by molar-refractivity contribution is 5.43. The van der Waals surface area contributed by atoms with E-state index in [0.29, 0.717) is 6.54 Å². The second-order valence-electron chi connectivity index (χ2n) is 4.65. The molecule has 2 aromatic carbocycles. The minimum atomic E-state index is 0.238. The minimum Gasteiger partial charge on any atom is -0.497 e. The zero-order valence-corrected chi connectivity index (χ0v) is 12.0. The predicted octanol–water partition coefficient (Wildman–Crippen LogP) is 3.18. The number of benzene rings is 2. The van der Waals surface area contributed by atoms with Crippen LogP contribution in [0.3, 0.4) is 0 Å². The quantitative estimate of drug-likeness (QED) is 0.877. The van der Waals surface area contributed by atoms with Crippen molar-refractivity contribution in [1.29, 1.82) is 0 Å². The zero-order valence-electron chi connectivity index (χ0n) is 12.0. The smallest absolute Gasteiger partial charge is 0.122 e. The molecule has 0 radical (unpaired) electrons. The molecule has 3 nitrogen and oxygen atoms in total. The number of para-hydroxylation sites is 1. The van der Waals surface area contributed by atoms with Gasteiger partial charge in [-0.15, -0.1) is 0 Å². The Balaban J connectivity index is 2.39. The van der Waals surface area contributed by atoms with Crippen LogP contribution < -0.4 is 15.2 Å². The van der Waals surface area contributed by atoms with E-state index in [4.69, 9.17) is 15.2 Å². The summed E-state index contributed by atoms with van der Waals surface area (Å²) in [5.41, 5.74) is 8.18. The summed E-state index contributed by atoms with van der Waals surface area (Å²) >= 11 is 0. The molecule has 0 saturated carbocycles. The van der Waals surface area contributed by atoms with Crippen LogP contribution in [0.1, 0.15) is 23.5 Å². The molecule has 0 aliphatic rings. The predicted molar refractivity (Wildman–Crippen MR) is 81.5 cm³/mol. The first-order valence-electron chi connectivity index (χ1n) is 6.77. The summed E-state index contributed by atoms with van der Waals surface area (Å²) in [4.78, 5) is 0. The van der Waals surface area contributed by atoms with Crippen LogP contribution in [0.4, 0.5) is 0 Å². The van der Waals surface area contributed by atoms with Gasteiger partial charge in [0.15, 0.2) is 0 Å². The Bertz CT molecular complexity index is 537. The molecule has 3 heteroatoms. The van der Waals surface area contributed by atoms with Gasteiger partial charge in [-0.1, -0.05) is 30.3 Å². The highest BCUT2D eigenvalue weighted by Gasteiger charge is 2.17. The van der Waals surface area contributed by atoms with Crippen LogP contribution in [0.25, 0.3) is 0 Å². The van der Waals surface area contributed by atoms with Crippen molar-refractivity contribution in [3.05, 3.63) is 59.7 Å². The van der Waals surface area contributed by atoms with Crippen LogP contribution in [0.15, 0.2) is 48.5 Å². The molecular weight excluding hydrogens is 250 g/mol. The van der Waals surface area contributed by atoms with E-state index in [1.54, 1.807) is 14.2 Å². The van der Waals surface area contributed by atoms with Crippen LogP contribution in [-0.2, 0) is 0 Å². The third-order valence-electron chi connectivity index (χ3n) is 3.49. The molecule has 0 bridgehead atoms. The Morgan fingerprint density at radius 1 is 0.950 bits per heavy atom. The summed E-state index contributed by atoms with van der Waals surface area (Å²) in [6.45, 7) is 0.634. The summed E-state index contributed by atoms with van der Waals surface area (Å²) in [6, 6.07) is 16.2. The zero-order chi connectivity index (χ0) is 14.4. The SMILES string of the molecule is COc1ccc([C@H](CCN)c2ccccc2OC)cc1. The number of hydrogen-bond donors (Lipinski definition) is 1. The van der Waals surface area contributed by atoms with Crippen molar-refractivity contribution >= 4 is 0 Å². The topological polar surface area (TPSA) is 44.5 Å². The molecule has 0 spiro atoms. The van der Waals surface area contributed by atoms with Crippen molar-refractivity contribution < 1.29 is 9.47 Å². The summed E-state index contributed by atoms with van der Waals surface area (Å²) in [5.74, 6) is 2.00. The number of hydrogen-bond acceptors (Lipinski definition) is 3. The molecule has 0 fully saturated rings. The number of nitrogens with two attached hydrogens (primary N) is 1. The lowest BCUT2D eigenvalue weighted by molar-refractivity contribution is 0.406. The van der Waals surface area contributed by atoms with Gasteiger partial charge in [0.1, 0.15) is 11.5 Å². The summed E-state index contributed by atoms with van der Waals surface area (Å²) in [7, 11) is 3.37. The molecule has 0 aliphatic carbocycles. The Kier molecular flexibility index (Phi) is 5.02. The van der Waals surface area contributed by atoms with E-state index in [1.807, 2.05) is 30.3 Å². The Morgan fingerprint density at radius 3 is 2.25 bits per heavy atom. The van der Waals surface area contributed by atoms with Gasteiger partial charge in [0, 0.05) is 11.5 Å². The van der Waals surface area contributed by atoms with Gasteiger partial charge in [-0.25, -0.2) is 0 Å². The maximum Gasteiger partial charge on any atom is 0.122 e. The summed E-state index contributed by atoms with van der Waals surface area (Å²) < 4.78 is 10.7. The van der Waals surface area contributed by atoms with E-state index in [1.165, 1.54) is 11.1 Å². The first-order chi connectivity index (χ1) is 9.80. The van der Waals surface area contributed by atoms with Gasteiger partial charge in [-0.2, -0.15) is 0 Å². The summed E-state index contributed by atoms with van der Waals surface area (Å²) in [6.07, 6.45) is 0.882. The van der Waals surface area contributed by atoms with Crippen molar-refractivity contribution in [3.63, 3.8) is 0 Å². The highest BCUT2D eigenvalue weighted by atomic mass is 16.5. The van der Waals surface area contributed by atoms with E-state index in [0.717, 1.165) is 17.9 Å². The van der Waals surface area contributed by atoms with E-state index in [2.05, 4.69) is 18.2 Å². The van der Waals surface area contributed by atoms with E-state index < -0.39 is 0 Å². The Hall–Kier alpha value is -2.00. The Labute approximate surface area is 120 Å². The number of rotatable bonds is 6. The lowest BCUT2D eigenvalue weighted by Gasteiger charge is -2.20. The van der Waals surface area contributed by atoms with Crippen LogP contribution in [-0.4, -0.2) is 20.8 Å². The maximum atomic E-state index is 5.79. The molecule has 0 aliphatic heterocycles. The second-order valence-corrected chi connectivity index (χ2v) is 4.65. The monoisotopic (exact) mass is 271 g/mol. The van der Waals surface area contributed by atoms with Crippen molar-refractivity contribution in [2.75, 3.05) is 20.8 Å². The van der Waals surface area contributed by atoms with Gasteiger partial charge in [-0.3, -0.25) is 0 Å². The molecule has 2 aromatic rings. The molecule has 2 N–H and O–H groups in total. The lowest BCUT2D eigenvalue weighted by atomic mass is 9.88. The molecule has 0 amide bonds. The average Bonchev–Trinajstić information content (AvgIpc) is 2.53. The second kappa shape index (κ2) is 6.96. The third-order valence-corrected chi connectivity index (χ3v) is 3.49. The maximum absolute atomic E-state index is 5.79. The van der Waals surface area contributed by atoms with Crippen molar-refractivity contribution in [1.82, 2.24) is 0 Å². The van der Waals surface area contributed by atoms with Crippen LogP contribution >= 0.6 is 0 Å². The molecule has 1 atom stereocenters. The summed E-state index contributed by atoms with van der Waals surface area (Å²) in [5, 5.41) is 0. The minimum absolute atomic E-state index is 0.238. The Morgan fingerprint density at radius 2 is 1.65 bits per heavy atom. The number of ether oxygens (including phenoxy) is 2. The standard InChI is InChI=1S/C17H21NO2/c1-19-14-9-7-13(8-10-14)15(11-12-18)16-5-3-4-6-17(16)20-2/h3-10,15H,11-12,18H2,1-2H3/t15-/m0/s1. The fourth-order valence-electron chi connectivity index (χ4n) is 2.46. The molecule has 20 heavy (non-hydrogen) atoms. The van der Waals surface area contributed by atoms with Crippen molar-refractivity contribution in [3.8, 4) is 11.5 Å². The van der Waals surface area contributed by atoms with E-state index in [9.17, 15) is 0 Å². The van der Waals surface area contributed by atoms with Gasteiger partial charge in [-0.05, 0) is 36.7 Å². The molecular formula is C17H21NO2. The van der Waals surface area contributed by atoms with Gasteiger partial charge < -0.3 is 15.2 Å². The number of methoxy groups -OCH3 is 2. The van der Waals surface area contributed by atoms with Crippen molar-refractivity contribution in [2.45, 2.75) is 12.3 Å². The van der Waals surface area contributed by atoms with Crippen molar-refractivity contribution in [2.24, 2.45) is 5.73 Å². The van der Waals surface area contributed by atoms with Gasteiger partial charge in [0.2, 0.25) is 0 Å². The van der Waals surface area contributed by atoms with E-state index in [-0.39, 0.29) is 5.92 Å². The highest BCUT2D eigenvalue weighted by Crippen LogP contribution is 2.34. The molecule has 0 heterocycles. The molecule has 106 valence electrons.